The summed E-state index contributed by atoms with van der Waals surface area (Å²) in [5.74, 6) is 0.322. The Labute approximate surface area is 295 Å². The van der Waals surface area contributed by atoms with E-state index in [1.807, 2.05) is 112 Å². The number of nitrogens with zero attached hydrogens (tertiary/aromatic N) is 2. The van der Waals surface area contributed by atoms with Crippen LogP contribution < -0.4 is 14.4 Å². The van der Waals surface area contributed by atoms with Gasteiger partial charge in [-0.3, -0.25) is 13.9 Å². The van der Waals surface area contributed by atoms with Gasteiger partial charge in [0.05, 0.1) is 10.6 Å². The number of carbonyl (C=O) groups excluding carboxylic acids is 2. The minimum absolute atomic E-state index is 0.0467. The second kappa shape index (κ2) is 16.8. The fourth-order valence-electron chi connectivity index (χ4n) is 5.45. The van der Waals surface area contributed by atoms with E-state index >= 15 is 0 Å². The molecule has 0 spiro atoms. The molecule has 2 atom stereocenters. The first kappa shape index (κ1) is 35.9. The third kappa shape index (κ3) is 9.39. The average Bonchev–Trinajstić information content (AvgIpc) is 3.13. The Morgan fingerprint density at radius 1 is 0.720 bits per heavy atom. The topological polar surface area (TPSA) is 96.0 Å². The Kier molecular flexibility index (Phi) is 12.1. The van der Waals surface area contributed by atoms with Crippen molar-refractivity contribution in [3.63, 3.8) is 0 Å². The van der Waals surface area contributed by atoms with Crippen molar-refractivity contribution < 1.29 is 22.7 Å². The van der Waals surface area contributed by atoms with Gasteiger partial charge in [-0.1, -0.05) is 103 Å². The van der Waals surface area contributed by atoms with Crippen LogP contribution in [0.3, 0.4) is 0 Å². The molecule has 0 aliphatic rings. The molecular weight excluding hydrogens is 647 g/mol. The van der Waals surface area contributed by atoms with Crippen molar-refractivity contribution in [2.45, 2.75) is 57.1 Å². The highest BCUT2D eigenvalue weighted by Crippen LogP contribution is 2.29. The molecule has 8 nitrogen and oxygen atoms in total. The van der Waals surface area contributed by atoms with Crippen molar-refractivity contribution in [2.75, 3.05) is 10.8 Å². The van der Waals surface area contributed by atoms with Crippen LogP contribution in [-0.2, 0) is 32.6 Å². The molecule has 0 heterocycles. The first-order valence-electron chi connectivity index (χ1n) is 16.7. The summed E-state index contributed by atoms with van der Waals surface area (Å²) in [5, 5.41) is 3.06. The van der Waals surface area contributed by atoms with Crippen molar-refractivity contribution >= 4 is 27.5 Å². The molecule has 9 heteroatoms. The molecule has 5 aromatic rings. The van der Waals surface area contributed by atoms with E-state index in [4.69, 9.17) is 4.74 Å². The van der Waals surface area contributed by atoms with E-state index in [0.717, 1.165) is 21.0 Å². The number of hydrogen-bond acceptors (Lipinski definition) is 5. The SMILES string of the molecule is CC[C@H](C)NC(=O)[C@@H](Cc1ccccc1)N(Cc1ccccc1)C(=O)CN(c1ccc(Oc2ccccc2)cc1)S(=O)(=O)c1ccc(C)cc1. The van der Waals surface area contributed by atoms with Crippen LogP contribution in [0, 0.1) is 6.92 Å². The predicted molar refractivity (Wildman–Crippen MR) is 197 cm³/mol. The van der Waals surface area contributed by atoms with E-state index in [1.54, 1.807) is 36.4 Å². The number of carbonyl (C=O) groups is 2. The second-order valence-corrected chi connectivity index (χ2v) is 14.1. The zero-order chi connectivity index (χ0) is 35.5. The number of hydrogen-bond donors (Lipinski definition) is 1. The second-order valence-electron chi connectivity index (χ2n) is 12.3. The maximum atomic E-state index is 14.7. The van der Waals surface area contributed by atoms with E-state index in [2.05, 4.69) is 5.32 Å². The lowest BCUT2D eigenvalue weighted by molar-refractivity contribution is -0.140. The molecule has 0 aromatic heterocycles. The third-order valence-corrected chi connectivity index (χ3v) is 10.2. The summed E-state index contributed by atoms with van der Waals surface area (Å²) in [7, 11) is -4.23. The van der Waals surface area contributed by atoms with Crippen LogP contribution in [0.1, 0.15) is 37.0 Å². The van der Waals surface area contributed by atoms with Crippen molar-refractivity contribution in [1.29, 1.82) is 0 Å². The minimum Gasteiger partial charge on any atom is -0.457 e. The summed E-state index contributed by atoms with van der Waals surface area (Å²) in [6, 6.07) is 40.3. The van der Waals surface area contributed by atoms with Gasteiger partial charge in [0, 0.05) is 19.0 Å². The molecule has 5 aromatic carbocycles. The molecule has 0 fully saturated rings. The number of benzene rings is 5. The Bertz CT molecular complexity index is 1940. The number of nitrogens with one attached hydrogen (secondary N) is 1. The van der Waals surface area contributed by atoms with Gasteiger partial charge in [-0.15, -0.1) is 0 Å². The fraction of sp³-hybridized carbons (Fsp3) is 0.220. The number of rotatable bonds is 15. The van der Waals surface area contributed by atoms with Gasteiger partial charge < -0.3 is 15.0 Å². The molecule has 50 heavy (non-hydrogen) atoms. The number of para-hydroxylation sites is 1. The van der Waals surface area contributed by atoms with Gasteiger partial charge in [0.2, 0.25) is 11.8 Å². The third-order valence-electron chi connectivity index (χ3n) is 8.46. The van der Waals surface area contributed by atoms with Gasteiger partial charge in [0.25, 0.3) is 10.0 Å². The molecule has 5 rings (SSSR count). The standard InChI is InChI=1S/C41H43N3O5S/c1-4-32(3)42-41(46)39(28-33-14-8-5-9-15-33)43(29-34-16-10-6-11-17-34)40(45)30-44(50(47,48)38-26-20-31(2)21-27-38)35-22-24-37(25-23-35)49-36-18-12-7-13-19-36/h5-27,32,39H,4,28-30H2,1-3H3,(H,42,46)/t32-,39+/m0/s1. The van der Waals surface area contributed by atoms with Gasteiger partial charge in [-0.25, -0.2) is 8.42 Å². The van der Waals surface area contributed by atoms with E-state index in [-0.39, 0.29) is 35.5 Å². The molecule has 0 aliphatic carbocycles. The lowest BCUT2D eigenvalue weighted by Crippen LogP contribution is -2.54. The van der Waals surface area contributed by atoms with Gasteiger partial charge in [0.1, 0.15) is 24.1 Å². The van der Waals surface area contributed by atoms with Gasteiger partial charge in [-0.05, 0) is 79.9 Å². The zero-order valence-electron chi connectivity index (χ0n) is 28.6. The molecule has 0 unspecified atom stereocenters. The Balaban J connectivity index is 1.55. The van der Waals surface area contributed by atoms with E-state index in [9.17, 15) is 18.0 Å². The smallest absolute Gasteiger partial charge is 0.264 e. The summed E-state index contributed by atoms with van der Waals surface area (Å²) in [6.07, 6.45) is 0.959. The molecule has 0 bridgehead atoms. The van der Waals surface area contributed by atoms with Gasteiger partial charge in [-0.2, -0.15) is 0 Å². The van der Waals surface area contributed by atoms with Crippen molar-refractivity contribution in [3.8, 4) is 11.5 Å². The van der Waals surface area contributed by atoms with E-state index in [0.29, 0.717) is 17.9 Å². The lowest BCUT2D eigenvalue weighted by Gasteiger charge is -2.34. The Morgan fingerprint density at radius 2 is 1.26 bits per heavy atom. The van der Waals surface area contributed by atoms with Gasteiger partial charge in [0.15, 0.2) is 0 Å². The summed E-state index contributed by atoms with van der Waals surface area (Å²) in [5.41, 5.74) is 2.87. The number of sulfonamides is 1. The fourth-order valence-corrected chi connectivity index (χ4v) is 6.86. The van der Waals surface area contributed by atoms with Crippen LogP contribution in [0.5, 0.6) is 11.5 Å². The zero-order valence-corrected chi connectivity index (χ0v) is 29.4. The molecular formula is C41H43N3O5S. The molecule has 1 N–H and O–H groups in total. The predicted octanol–water partition coefficient (Wildman–Crippen LogP) is 7.54. The number of ether oxygens (including phenoxy) is 1. The van der Waals surface area contributed by atoms with Gasteiger partial charge >= 0.3 is 0 Å². The number of amides is 2. The summed E-state index contributed by atoms with van der Waals surface area (Å²) >= 11 is 0. The lowest BCUT2D eigenvalue weighted by atomic mass is 10.0. The maximum Gasteiger partial charge on any atom is 0.264 e. The van der Waals surface area contributed by atoms with Crippen LogP contribution in [0.15, 0.2) is 144 Å². The highest BCUT2D eigenvalue weighted by Gasteiger charge is 2.35. The summed E-state index contributed by atoms with van der Waals surface area (Å²) < 4.78 is 35.8. The highest BCUT2D eigenvalue weighted by molar-refractivity contribution is 7.92. The molecule has 0 radical (unpaired) electrons. The summed E-state index contributed by atoms with van der Waals surface area (Å²) in [6.45, 7) is 5.34. The normalized spacial score (nSPS) is 12.4. The summed E-state index contributed by atoms with van der Waals surface area (Å²) in [4.78, 5) is 30.2. The van der Waals surface area contributed by atoms with Crippen LogP contribution in [0.25, 0.3) is 0 Å². The Hall–Kier alpha value is -5.41. The number of aryl methyl sites for hydroxylation is 1. The van der Waals surface area contributed by atoms with E-state index < -0.39 is 28.5 Å². The quantitative estimate of drug-likeness (QED) is 0.123. The van der Waals surface area contributed by atoms with Crippen LogP contribution in [0.2, 0.25) is 0 Å². The Morgan fingerprint density at radius 3 is 1.84 bits per heavy atom. The monoisotopic (exact) mass is 689 g/mol. The van der Waals surface area contributed by atoms with Crippen molar-refractivity contribution in [2.24, 2.45) is 0 Å². The first-order valence-corrected chi connectivity index (χ1v) is 18.2. The molecule has 2 amide bonds. The van der Waals surface area contributed by atoms with Crippen molar-refractivity contribution in [1.82, 2.24) is 10.2 Å². The average molecular weight is 690 g/mol. The molecule has 0 saturated carbocycles. The first-order chi connectivity index (χ1) is 24.1. The largest absolute Gasteiger partial charge is 0.457 e. The van der Waals surface area contributed by atoms with E-state index in [1.165, 1.54) is 17.0 Å². The minimum atomic E-state index is -4.23. The maximum absolute atomic E-state index is 14.7. The number of anilines is 1. The van der Waals surface area contributed by atoms with Crippen LogP contribution in [-0.4, -0.2) is 43.8 Å². The molecule has 0 saturated heterocycles. The van der Waals surface area contributed by atoms with Crippen molar-refractivity contribution in [3.05, 3.63) is 156 Å². The molecule has 0 aliphatic heterocycles. The highest BCUT2D eigenvalue weighted by atomic mass is 32.2. The van der Waals surface area contributed by atoms with Crippen LogP contribution in [0.4, 0.5) is 5.69 Å². The molecule has 258 valence electrons. The van der Waals surface area contributed by atoms with Crippen LogP contribution >= 0.6 is 0 Å².